The van der Waals surface area contributed by atoms with Gasteiger partial charge >= 0.3 is 0 Å². The summed E-state index contributed by atoms with van der Waals surface area (Å²) in [6.07, 6.45) is 1.68. The fourth-order valence-electron chi connectivity index (χ4n) is 2.27. The molecule has 2 aromatic rings. The quantitative estimate of drug-likeness (QED) is 0.546. The van der Waals surface area contributed by atoms with Crippen molar-refractivity contribution < 1.29 is 13.7 Å². The van der Waals surface area contributed by atoms with E-state index in [1.165, 1.54) is 11.1 Å². The van der Waals surface area contributed by atoms with E-state index >= 15 is 0 Å². The Kier molecular flexibility index (Phi) is 9.39. The van der Waals surface area contributed by atoms with Crippen LogP contribution in [-0.2, 0) is 33.5 Å². The zero-order chi connectivity index (χ0) is 16.9. The molecule has 0 aliphatic heterocycles. The summed E-state index contributed by atoms with van der Waals surface area (Å²) >= 11 is 0. The number of ether oxygens (including phenoxy) is 2. The maximum Gasteiger partial charge on any atom is 0.0716 e. The van der Waals surface area contributed by atoms with Crippen molar-refractivity contribution in [2.45, 2.75) is 26.1 Å². The molecule has 0 spiro atoms. The van der Waals surface area contributed by atoms with Crippen LogP contribution >= 0.6 is 0 Å². The van der Waals surface area contributed by atoms with Gasteiger partial charge in [-0.1, -0.05) is 60.7 Å². The van der Waals surface area contributed by atoms with Gasteiger partial charge in [-0.2, -0.15) is 0 Å². The fourth-order valence-corrected chi connectivity index (χ4v) is 3.36. The normalized spacial score (nSPS) is 11.0. The molecular weight excluding hydrogens is 320 g/mol. The van der Waals surface area contributed by atoms with Gasteiger partial charge in [-0.05, 0) is 24.0 Å². The van der Waals surface area contributed by atoms with Crippen LogP contribution in [-0.4, -0.2) is 28.9 Å². The van der Waals surface area contributed by atoms with Gasteiger partial charge in [0.2, 0.25) is 0 Å². The Hall–Kier alpha value is -1.49. The monoisotopic (exact) mass is 346 g/mol. The molecule has 3 nitrogen and oxygen atoms in total. The first-order chi connectivity index (χ1) is 11.8. The van der Waals surface area contributed by atoms with Gasteiger partial charge in [0, 0.05) is 35.5 Å². The molecule has 2 rings (SSSR count). The molecular formula is C20H26O3S. The van der Waals surface area contributed by atoms with Gasteiger partial charge in [-0.25, -0.2) is 0 Å². The summed E-state index contributed by atoms with van der Waals surface area (Å²) in [5.74, 6) is 1.40. The van der Waals surface area contributed by atoms with Gasteiger partial charge in [0.1, 0.15) is 0 Å². The third-order valence-corrected chi connectivity index (χ3v) is 5.03. The summed E-state index contributed by atoms with van der Waals surface area (Å²) in [5.41, 5.74) is 2.35. The number of benzene rings is 2. The third kappa shape index (κ3) is 8.39. The van der Waals surface area contributed by atoms with E-state index in [0.717, 1.165) is 12.8 Å². The topological polar surface area (TPSA) is 35.5 Å². The second kappa shape index (κ2) is 12.0. The Balaban J connectivity index is 1.42. The number of hydrogen-bond acceptors (Lipinski definition) is 3. The Morgan fingerprint density at radius 2 is 1.08 bits per heavy atom. The predicted octanol–water partition coefficient (Wildman–Crippen LogP) is 3.95. The van der Waals surface area contributed by atoms with Crippen LogP contribution in [0.25, 0.3) is 0 Å². The van der Waals surface area contributed by atoms with Gasteiger partial charge in [-0.15, -0.1) is 0 Å². The lowest BCUT2D eigenvalue weighted by Crippen LogP contribution is -2.08. The van der Waals surface area contributed by atoms with E-state index in [9.17, 15) is 4.21 Å². The number of rotatable bonds is 12. The molecule has 0 bridgehead atoms. The largest absolute Gasteiger partial charge is 0.377 e. The van der Waals surface area contributed by atoms with Crippen LogP contribution in [0, 0.1) is 0 Å². The highest BCUT2D eigenvalue weighted by atomic mass is 32.2. The van der Waals surface area contributed by atoms with E-state index in [-0.39, 0.29) is 0 Å². The molecule has 0 radical (unpaired) electrons. The van der Waals surface area contributed by atoms with Crippen LogP contribution in [0.2, 0.25) is 0 Å². The van der Waals surface area contributed by atoms with Crippen molar-refractivity contribution >= 4 is 10.8 Å². The summed E-state index contributed by atoms with van der Waals surface area (Å²) in [5, 5.41) is 0. The molecule has 0 heterocycles. The van der Waals surface area contributed by atoms with Crippen LogP contribution < -0.4 is 0 Å². The SMILES string of the molecule is O=S(CCCOCc1ccccc1)CCCOCc1ccccc1. The lowest BCUT2D eigenvalue weighted by atomic mass is 10.2. The predicted molar refractivity (Wildman–Crippen MR) is 99.3 cm³/mol. The van der Waals surface area contributed by atoms with Crippen molar-refractivity contribution in [2.75, 3.05) is 24.7 Å². The van der Waals surface area contributed by atoms with E-state index in [1.54, 1.807) is 0 Å². The molecule has 0 aliphatic carbocycles. The molecule has 0 aromatic heterocycles. The lowest BCUT2D eigenvalue weighted by Gasteiger charge is -2.06. The Labute approximate surface area is 147 Å². The summed E-state index contributed by atoms with van der Waals surface area (Å²) < 4.78 is 23.1. The second-order valence-electron chi connectivity index (χ2n) is 5.63. The minimum atomic E-state index is -0.776. The average Bonchev–Trinajstić information content (AvgIpc) is 2.63. The van der Waals surface area contributed by atoms with Crippen molar-refractivity contribution in [1.82, 2.24) is 0 Å². The molecule has 0 fully saturated rings. The van der Waals surface area contributed by atoms with E-state index in [4.69, 9.17) is 9.47 Å². The van der Waals surface area contributed by atoms with E-state index in [0.29, 0.717) is 37.9 Å². The highest BCUT2D eigenvalue weighted by molar-refractivity contribution is 7.84. The third-order valence-electron chi connectivity index (χ3n) is 3.54. The summed E-state index contributed by atoms with van der Waals surface area (Å²) in [6.45, 7) is 2.57. The highest BCUT2D eigenvalue weighted by Gasteiger charge is 2.01. The molecule has 0 atom stereocenters. The van der Waals surface area contributed by atoms with E-state index < -0.39 is 10.8 Å². The van der Waals surface area contributed by atoms with Crippen molar-refractivity contribution in [2.24, 2.45) is 0 Å². The zero-order valence-electron chi connectivity index (χ0n) is 14.1. The Bertz CT molecular complexity index is 520. The van der Waals surface area contributed by atoms with Crippen molar-refractivity contribution in [3.8, 4) is 0 Å². The minimum absolute atomic E-state index is 0.626. The summed E-state index contributed by atoms with van der Waals surface area (Å²) in [4.78, 5) is 0. The maximum atomic E-state index is 11.9. The van der Waals surface area contributed by atoms with Crippen molar-refractivity contribution in [3.63, 3.8) is 0 Å². The van der Waals surface area contributed by atoms with E-state index in [1.807, 2.05) is 60.7 Å². The smallest absolute Gasteiger partial charge is 0.0716 e. The van der Waals surface area contributed by atoms with Crippen molar-refractivity contribution in [3.05, 3.63) is 71.8 Å². The molecule has 24 heavy (non-hydrogen) atoms. The Morgan fingerprint density at radius 1 is 0.667 bits per heavy atom. The van der Waals surface area contributed by atoms with Crippen LogP contribution in [0.1, 0.15) is 24.0 Å². The first-order valence-electron chi connectivity index (χ1n) is 8.43. The van der Waals surface area contributed by atoms with Crippen LogP contribution in [0.15, 0.2) is 60.7 Å². The number of hydrogen-bond donors (Lipinski definition) is 0. The second-order valence-corrected chi connectivity index (χ2v) is 7.33. The van der Waals surface area contributed by atoms with Gasteiger partial charge in [-0.3, -0.25) is 4.21 Å². The van der Waals surface area contributed by atoms with Crippen molar-refractivity contribution in [1.29, 1.82) is 0 Å². The minimum Gasteiger partial charge on any atom is -0.377 e. The molecule has 0 N–H and O–H groups in total. The van der Waals surface area contributed by atoms with Crippen LogP contribution in [0.4, 0.5) is 0 Å². The van der Waals surface area contributed by atoms with Crippen LogP contribution in [0.5, 0.6) is 0 Å². The molecule has 0 unspecified atom stereocenters. The highest BCUT2D eigenvalue weighted by Crippen LogP contribution is 2.03. The van der Waals surface area contributed by atoms with E-state index in [2.05, 4.69) is 0 Å². The van der Waals surface area contributed by atoms with Gasteiger partial charge < -0.3 is 9.47 Å². The first kappa shape index (κ1) is 18.8. The summed E-state index contributed by atoms with van der Waals surface area (Å²) in [7, 11) is -0.776. The molecule has 0 amide bonds. The molecule has 0 aliphatic rings. The van der Waals surface area contributed by atoms with Crippen LogP contribution in [0.3, 0.4) is 0 Å². The lowest BCUT2D eigenvalue weighted by molar-refractivity contribution is 0.121. The molecule has 130 valence electrons. The molecule has 2 aromatic carbocycles. The molecule has 0 saturated carbocycles. The van der Waals surface area contributed by atoms with Gasteiger partial charge in [0.15, 0.2) is 0 Å². The maximum absolute atomic E-state index is 11.9. The first-order valence-corrected chi connectivity index (χ1v) is 9.92. The Morgan fingerprint density at radius 3 is 1.50 bits per heavy atom. The van der Waals surface area contributed by atoms with Gasteiger partial charge in [0.05, 0.1) is 13.2 Å². The molecule has 0 saturated heterocycles. The average molecular weight is 346 g/mol. The molecule has 4 heteroatoms. The fraction of sp³-hybridized carbons (Fsp3) is 0.400. The standard InChI is InChI=1S/C20H26O3S/c21-24(15-7-13-22-17-19-9-3-1-4-10-19)16-8-14-23-18-20-11-5-2-6-12-20/h1-6,9-12H,7-8,13-18H2. The summed E-state index contributed by atoms with van der Waals surface area (Å²) in [6, 6.07) is 20.2. The van der Waals surface area contributed by atoms with Gasteiger partial charge in [0.25, 0.3) is 0 Å². The zero-order valence-corrected chi connectivity index (χ0v) is 14.9.